The molecule has 0 radical (unpaired) electrons. The van der Waals surface area contributed by atoms with Crippen LogP contribution in [0, 0.1) is 0 Å². The van der Waals surface area contributed by atoms with Crippen molar-refractivity contribution in [2.75, 3.05) is 20.7 Å². The lowest BCUT2D eigenvalue weighted by Gasteiger charge is -2.28. The average molecular weight is 407 g/mol. The zero-order chi connectivity index (χ0) is 20.8. The Morgan fingerprint density at radius 3 is 2.73 bits per heavy atom. The minimum absolute atomic E-state index is 0.138. The number of methoxy groups -OCH3 is 1. The van der Waals surface area contributed by atoms with Crippen molar-refractivity contribution in [1.29, 1.82) is 0 Å². The fraction of sp³-hybridized carbons (Fsp3) is 0.250. The zero-order valence-electron chi connectivity index (χ0n) is 16.6. The predicted molar refractivity (Wildman–Crippen MR) is 110 cm³/mol. The molecular formula is C20H21N7O3. The van der Waals surface area contributed by atoms with Crippen LogP contribution in [0.3, 0.4) is 0 Å². The van der Waals surface area contributed by atoms with Gasteiger partial charge in [-0.15, -0.1) is 0 Å². The fourth-order valence-corrected chi connectivity index (χ4v) is 3.81. The lowest BCUT2D eigenvalue weighted by molar-refractivity contribution is 0.0867. The number of fused-ring (bicyclic) bond motifs is 3. The number of benzene rings is 1. The first-order valence-corrected chi connectivity index (χ1v) is 9.49. The third kappa shape index (κ3) is 2.72. The molecule has 0 spiro atoms. The van der Waals surface area contributed by atoms with Gasteiger partial charge >= 0.3 is 6.03 Å². The Bertz CT molecular complexity index is 1060. The summed E-state index contributed by atoms with van der Waals surface area (Å²) in [6, 6.07) is 11.3. The average Bonchev–Trinajstić information content (AvgIpc) is 3.47. The van der Waals surface area contributed by atoms with Crippen molar-refractivity contribution in [1.82, 2.24) is 19.9 Å². The second-order valence-electron chi connectivity index (χ2n) is 7.07. The largest absolute Gasteiger partial charge is 0.497 e. The molecule has 1 atom stereocenters. The van der Waals surface area contributed by atoms with Gasteiger partial charge < -0.3 is 9.15 Å². The number of hydrogen-bond acceptors (Lipinski definition) is 8. The van der Waals surface area contributed by atoms with Crippen molar-refractivity contribution in [2.45, 2.75) is 12.7 Å². The topological polar surface area (TPSA) is 103 Å². The Hall–Kier alpha value is -3.79. The van der Waals surface area contributed by atoms with E-state index in [2.05, 4.69) is 4.99 Å². The van der Waals surface area contributed by atoms with Crippen molar-refractivity contribution in [3.63, 3.8) is 0 Å². The number of amides is 2. The molecule has 30 heavy (non-hydrogen) atoms. The quantitative estimate of drug-likeness (QED) is 0.757. The maximum absolute atomic E-state index is 13.0. The first-order chi connectivity index (χ1) is 14.6. The number of carbonyl (C=O) groups is 1. The monoisotopic (exact) mass is 407 g/mol. The molecule has 0 saturated carbocycles. The van der Waals surface area contributed by atoms with Gasteiger partial charge in [-0.25, -0.2) is 35.6 Å². The fourth-order valence-electron chi connectivity index (χ4n) is 3.81. The maximum Gasteiger partial charge on any atom is 0.341 e. The summed E-state index contributed by atoms with van der Waals surface area (Å²) in [5, 5.41) is 4.71. The summed E-state index contributed by atoms with van der Waals surface area (Å²) >= 11 is 0. The Kier molecular flexibility index (Phi) is 4.21. The summed E-state index contributed by atoms with van der Waals surface area (Å²) in [5.41, 5.74) is 2.33. The molecule has 10 nitrogen and oxygen atoms in total. The molecule has 1 fully saturated rings. The molecule has 0 bridgehead atoms. The zero-order valence-corrected chi connectivity index (χ0v) is 16.6. The van der Waals surface area contributed by atoms with Gasteiger partial charge in [-0.3, -0.25) is 4.90 Å². The van der Waals surface area contributed by atoms with E-state index >= 15 is 0 Å². The van der Waals surface area contributed by atoms with Crippen molar-refractivity contribution >= 4 is 23.9 Å². The standard InChI is InChI=1S/C20H21N7O3/c1-24-20(28)25(10-9-13-5-7-14(29-2)8-6-13)19-23-18-17(27(19)24)16(22-12-26(18)21)15-4-3-11-30-15/h3-8,11-12,19H,9-10,21H2,1-2H3. The molecule has 10 heteroatoms. The van der Waals surface area contributed by atoms with Crippen LogP contribution in [-0.2, 0) is 6.42 Å². The van der Waals surface area contributed by atoms with E-state index in [1.165, 1.54) is 11.3 Å². The number of aliphatic imine (C=N–C) groups is 2. The molecule has 1 aromatic carbocycles. The number of urea groups is 1. The second kappa shape index (κ2) is 6.92. The summed E-state index contributed by atoms with van der Waals surface area (Å²) in [5.74, 6) is 8.01. The second-order valence-corrected chi connectivity index (χ2v) is 7.07. The first-order valence-electron chi connectivity index (χ1n) is 9.49. The van der Waals surface area contributed by atoms with Gasteiger partial charge in [0.1, 0.15) is 23.5 Å². The Labute approximate surface area is 173 Å². The van der Waals surface area contributed by atoms with E-state index in [1.807, 2.05) is 30.3 Å². The molecule has 5 rings (SSSR count). The van der Waals surface area contributed by atoms with Gasteiger partial charge in [-0.2, -0.15) is 0 Å². The predicted octanol–water partition coefficient (Wildman–Crippen LogP) is 1.70. The Morgan fingerprint density at radius 1 is 1.23 bits per heavy atom. The first kappa shape index (κ1) is 18.3. The molecule has 3 aliphatic rings. The highest BCUT2D eigenvalue weighted by Crippen LogP contribution is 2.38. The number of carbonyl (C=O) groups excluding carboxylic acids is 1. The number of furan rings is 1. The number of hydrogen-bond donors (Lipinski definition) is 1. The van der Waals surface area contributed by atoms with Crippen LogP contribution in [0.5, 0.6) is 5.75 Å². The van der Waals surface area contributed by atoms with Crippen molar-refractivity contribution in [3.8, 4) is 5.75 Å². The van der Waals surface area contributed by atoms with Gasteiger partial charge in [0.15, 0.2) is 11.6 Å². The smallest absolute Gasteiger partial charge is 0.341 e. The molecule has 2 amide bonds. The van der Waals surface area contributed by atoms with E-state index in [1.54, 1.807) is 41.4 Å². The molecule has 1 aromatic heterocycles. The minimum Gasteiger partial charge on any atom is -0.497 e. The number of amidine groups is 1. The molecule has 2 N–H and O–H groups in total. The van der Waals surface area contributed by atoms with Crippen LogP contribution in [0.2, 0.25) is 0 Å². The van der Waals surface area contributed by atoms with Crippen LogP contribution in [0.4, 0.5) is 4.79 Å². The molecule has 3 aliphatic heterocycles. The Morgan fingerprint density at radius 2 is 2.03 bits per heavy atom. The van der Waals surface area contributed by atoms with E-state index in [0.29, 0.717) is 36.0 Å². The van der Waals surface area contributed by atoms with Crippen LogP contribution in [0.1, 0.15) is 11.3 Å². The number of hydrazine groups is 2. The van der Waals surface area contributed by atoms with Crippen LogP contribution in [0.15, 0.2) is 62.8 Å². The summed E-state index contributed by atoms with van der Waals surface area (Å²) < 4.78 is 10.7. The van der Waals surface area contributed by atoms with Gasteiger partial charge in [0.2, 0.25) is 6.29 Å². The molecule has 4 heterocycles. The third-order valence-electron chi connectivity index (χ3n) is 5.36. The van der Waals surface area contributed by atoms with Gasteiger partial charge in [-0.05, 0) is 36.2 Å². The highest BCUT2D eigenvalue weighted by atomic mass is 16.5. The van der Waals surface area contributed by atoms with Crippen molar-refractivity contribution in [2.24, 2.45) is 15.8 Å². The normalized spacial score (nSPS) is 20.2. The lowest BCUT2D eigenvalue weighted by atomic mass is 10.1. The van der Waals surface area contributed by atoms with E-state index in [9.17, 15) is 4.79 Å². The van der Waals surface area contributed by atoms with Crippen molar-refractivity contribution < 1.29 is 13.9 Å². The van der Waals surface area contributed by atoms with Gasteiger partial charge in [0, 0.05) is 13.6 Å². The van der Waals surface area contributed by atoms with E-state index in [0.717, 1.165) is 11.3 Å². The van der Waals surface area contributed by atoms with Crippen LogP contribution in [0.25, 0.3) is 5.70 Å². The number of nitrogens with two attached hydrogens (primary N) is 1. The summed E-state index contributed by atoms with van der Waals surface area (Å²) in [6.07, 6.45) is 3.23. The van der Waals surface area contributed by atoms with Gasteiger partial charge in [0.05, 0.1) is 13.4 Å². The van der Waals surface area contributed by atoms with E-state index in [4.69, 9.17) is 20.0 Å². The third-order valence-corrected chi connectivity index (χ3v) is 5.36. The van der Waals surface area contributed by atoms with Crippen LogP contribution in [-0.4, -0.2) is 65.1 Å². The molecule has 1 saturated heterocycles. The SMILES string of the molecule is COc1ccc(CCN2C(=O)N(C)N3C4=C(c5ccco5)N=CN(N)C4=NC23)cc1. The van der Waals surface area contributed by atoms with E-state index in [-0.39, 0.29) is 6.03 Å². The molecular weight excluding hydrogens is 386 g/mol. The molecule has 1 unspecified atom stereocenters. The highest BCUT2D eigenvalue weighted by Gasteiger charge is 2.51. The number of rotatable bonds is 5. The Balaban J connectivity index is 1.45. The lowest BCUT2D eigenvalue weighted by Crippen LogP contribution is -2.44. The molecule has 0 aliphatic carbocycles. The van der Waals surface area contributed by atoms with Gasteiger partial charge in [0.25, 0.3) is 0 Å². The number of nitrogens with zero attached hydrogens (tertiary/aromatic N) is 6. The minimum atomic E-state index is -0.525. The van der Waals surface area contributed by atoms with Crippen LogP contribution >= 0.6 is 0 Å². The number of ether oxygens (including phenoxy) is 1. The summed E-state index contributed by atoms with van der Waals surface area (Å²) in [7, 11) is 3.35. The summed E-state index contributed by atoms with van der Waals surface area (Å²) in [4.78, 5) is 23.9. The summed E-state index contributed by atoms with van der Waals surface area (Å²) in [6.45, 7) is 0.502. The molecule has 2 aromatic rings. The molecule has 154 valence electrons. The van der Waals surface area contributed by atoms with Crippen molar-refractivity contribution in [3.05, 3.63) is 59.7 Å². The maximum atomic E-state index is 13.0. The van der Waals surface area contributed by atoms with Crippen LogP contribution < -0.4 is 10.6 Å². The highest BCUT2D eigenvalue weighted by molar-refractivity contribution is 6.12. The van der Waals surface area contributed by atoms with E-state index < -0.39 is 6.29 Å². The van der Waals surface area contributed by atoms with Gasteiger partial charge in [-0.1, -0.05) is 12.1 Å².